The Morgan fingerprint density at radius 3 is 2.30 bits per heavy atom. The summed E-state index contributed by atoms with van der Waals surface area (Å²) in [6.45, 7) is 0.589. The molecule has 5 heteroatoms. The van der Waals surface area contributed by atoms with Gasteiger partial charge in [0.15, 0.2) is 0 Å². The molecule has 2 aromatic rings. The number of carboxylic acid groups (broad SMARTS) is 1. The number of hydrogen-bond acceptors (Lipinski definition) is 2. The van der Waals surface area contributed by atoms with Crippen LogP contribution in [0.2, 0.25) is 10.0 Å². The highest BCUT2D eigenvalue weighted by Crippen LogP contribution is 2.25. The van der Waals surface area contributed by atoms with Gasteiger partial charge in [0.2, 0.25) is 0 Å². The first-order valence-corrected chi connectivity index (χ1v) is 8.26. The second-order valence-corrected chi connectivity index (χ2v) is 6.15. The minimum absolute atomic E-state index is 0.461. The summed E-state index contributed by atoms with van der Waals surface area (Å²) >= 11 is 12.3. The van der Waals surface area contributed by atoms with Crippen LogP contribution in [0.15, 0.2) is 48.5 Å². The first-order valence-electron chi connectivity index (χ1n) is 7.51. The molecule has 0 unspecified atom stereocenters. The number of carbonyl (C=O) groups is 1. The van der Waals surface area contributed by atoms with Crippen molar-refractivity contribution in [2.24, 2.45) is 0 Å². The largest absolute Gasteiger partial charge is 0.480 e. The van der Waals surface area contributed by atoms with E-state index in [1.165, 1.54) is 0 Å². The van der Waals surface area contributed by atoms with Crippen LogP contribution < -0.4 is 5.32 Å². The molecule has 0 amide bonds. The molecule has 0 bridgehead atoms. The average molecular weight is 352 g/mol. The van der Waals surface area contributed by atoms with Gasteiger partial charge in [-0.15, -0.1) is 0 Å². The van der Waals surface area contributed by atoms with Gasteiger partial charge in [0.1, 0.15) is 6.04 Å². The first kappa shape index (κ1) is 17.8. The molecule has 1 atom stereocenters. The maximum Gasteiger partial charge on any atom is 0.321 e. The normalized spacial score (nSPS) is 12.1. The third kappa shape index (κ3) is 5.54. The molecule has 23 heavy (non-hydrogen) atoms. The van der Waals surface area contributed by atoms with E-state index in [-0.39, 0.29) is 0 Å². The van der Waals surface area contributed by atoms with E-state index in [9.17, 15) is 9.90 Å². The summed E-state index contributed by atoms with van der Waals surface area (Å²) in [5, 5.41) is 13.7. The van der Waals surface area contributed by atoms with Crippen LogP contribution in [-0.4, -0.2) is 23.7 Å². The first-order chi connectivity index (χ1) is 11.1. The molecule has 2 aromatic carbocycles. The standard InChI is InChI=1S/C18H19Cl2NO2/c19-15-9-4-10-16(20)14(15)8-5-11-21-17(18(22)23)12-13-6-2-1-3-7-13/h1-4,6-7,9-10,17,21H,5,8,11-12H2,(H,22,23)/t17-/m1/s1. The third-order valence-corrected chi connectivity index (χ3v) is 4.34. The molecule has 0 heterocycles. The molecule has 0 saturated heterocycles. The quantitative estimate of drug-likeness (QED) is 0.700. The van der Waals surface area contributed by atoms with Gasteiger partial charge in [-0.05, 0) is 49.1 Å². The van der Waals surface area contributed by atoms with Crippen molar-refractivity contribution in [2.75, 3.05) is 6.54 Å². The van der Waals surface area contributed by atoms with Crippen molar-refractivity contribution >= 4 is 29.2 Å². The van der Waals surface area contributed by atoms with Crippen LogP contribution in [0.5, 0.6) is 0 Å². The number of benzene rings is 2. The van der Waals surface area contributed by atoms with E-state index in [0.717, 1.165) is 17.5 Å². The van der Waals surface area contributed by atoms with Crippen LogP contribution in [0.3, 0.4) is 0 Å². The fourth-order valence-corrected chi connectivity index (χ4v) is 3.00. The predicted molar refractivity (Wildman–Crippen MR) is 94.4 cm³/mol. The SMILES string of the molecule is O=C(O)[C@@H](Cc1ccccc1)NCCCc1c(Cl)cccc1Cl. The zero-order valence-corrected chi connectivity index (χ0v) is 14.1. The average Bonchev–Trinajstić information content (AvgIpc) is 2.53. The van der Waals surface area contributed by atoms with Crippen molar-refractivity contribution in [2.45, 2.75) is 25.3 Å². The Bertz CT molecular complexity index is 626. The van der Waals surface area contributed by atoms with E-state index >= 15 is 0 Å². The van der Waals surface area contributed by atoms with Crippen LogP contribution in [0.25, 0.3) is 0 Å². The smallest absolute Gasteiger partial charge is 0.321 e. The van der Waals surface area contributed by atoms with E-state index in [2.05, 4.69) is 5.32 Å². The lowest BCUT2D eigenvalue weighted by molar-refractivity contribution is -0.139. The second kappa shape index (κ2) is 8.92. The zero-order chi connectivity index (χ0) is 16.7. The highest BCUT2D eigenvalue weighted by Gasteiger charge is 2.17. The second-order valence-electron chi connectivity index (χ2n) is 5.34. The molecule has 0 saturated carbocycles. The maximum absolute atomic E-state index is 11.4. The van der Waals surface area contributed by atoms with Gasteiger partial charge in [-0.1, -0.05) is 59.6 Å². The Morgan fingerprint density at radius 1 is 1.04 bits per heavy atom. The Kier molecular flexibility index (Phi) is 6.90. The van der Waals surface area contributed by atoms with Crippen LogP contribution in [-0.2, 0) is 17.6 Å². The Morgan fingerprint density at radius 2 is 1.70 bits per heavy atom. The molecule has 0 aliphatic carbocycles. The van der Waals surface area contributed by atoms with Gasteiger partial charge in [0.25, 0.3) is 0 Å². The minimum Gasteiger partial charge on any atom is -0.480 e. The summed E-state index contributed by atoms with van der Waals surface area (Å²) < 4.78 is 0. The molecule has 2 N–H and O–H groups in total. The molecule has 0 radical (unpaired) electrons. The Balaban J connectivity index is 1.84. The predicted octanol–water partition coefficient (Wildman–Crippen LogP) is 4.21. The fraction of sp³-hybridized carbons (Fsp3) is 0.278. The number of hydrogen-bond donors (Lipinski definition) is 2. The van der Waals surface area contributed by atoms with Crippen LogP contribution in [0.1, 0.15) is 17.5 Å². The van der Waals surface area contributed by atoms with Crippen molar-refractivity contribution in [3.05, 3.63) is 69.7 Å². The van der Waals surface area contributed by atoms with Crippen LogP contribution >= 0.6 is 23.2 Å². The zero-order valence-electron chi connectivity index (χ0n) is 12.6. The molecule has 122 valence electrons. The number of carboxylic acids is 1. The van der Waals surface area contributed by atoms with Crippen LogP contribution in [0, 0.1) is 0 Å². The molecule has 0 aliphatic rings. The highest BCUT2D eigenvalue weighted by molar-refractivity contribution is 6.35. The Hall–Kier alpha value is -1.55. The molecule has 0 spiro atoms. The van der Waals surface area contributed by atoms with E-state index in [4.69, 9.17) is 23.2 Å². The van der Waals surface area contributed by atoms with E-state index in [1.54, 1.807) is 0 Å². The molecule has 2 rings (SSSR count). The van der Waals surface area contributed by atoms with Crippen molar-refractivity contribution < 1.29 is 9.90 Å². The van der Waals surface area contributed by atoms with Gasteiger partial charge >= 0.3 is 5.97 Å². The maximum atomic E-state index is 11.4. The number of nitrogens with one attached hydrogen (secondary N) is 1. The van der Waals surface area contributed by atoms with Crippen molar-refractivity contribution in [1.82, 2.24) is 5.32 Å². The monoisotopic (exact) mass is 351 g/mol. The van der Waals surface area contributed by atoms with Gasteiger partial charge < -0.3 is 10.4 Å². The van der Waals surface area contributed by atoms with E-state index < -0.39 is 12.0 Å². The third-order valence-electron chi connectivity index (χ3n) is 3.64. The highest BCUT2D eigenvalue weighted by atomic mass is 35.5. The number of halogens is 2. The van der Waals surface area contributed by atoms with Gasteiger partial charge in [0.05, 0.1) is 0 Å². The van der Waals surface area contributed by atoms with Gasteiger partial charge in [-0.25, -0.2) is 0 Å². The summed E-state index contributed by atoms with van der Waals surface area (Å²) in [6.07, 6.45) is 1.94. The van der Waals surface area contributed by atoms with Crippen LogP contribution in [0.4, 0.5) is 0 Å². The number of rotatable bonds is 8. The lowest BCUT2D eigenvalue weighted by Gasteiger charge is -2.15. The summed E-state index contributed by atoms with van der Waals surface area (Å²) in [6, 6.07) is 14.4. The summed E-state index contributed by atoms with van der Waals surface area (Å²) in [5.74, 6) is -0.843. The van der Waals surface area contributed by atoms with Gasteiger partial charge in [-0.2, -0.15) is 0 Å². The molecule has 0 fully saturated rings. The molecule has 0 aliphatic heterocycles. The van der Waals surface area contributed by atoms with Gasteiger partial charge in [-0.3, -0.25) is 4.79 Å². The minimum atomic E-state index is -0.843. The van der Waals surface area contributed by atoms with Crippen molar-refractivity contribution in [1.29, 1.82) is 0 Å². The number of aliphatic carboxylic acids is 1. The summed E-state index contributed by atoms with van der Waals surface area (Å²) in [5.41, 5.74) is 1.91. The fourth-order valence-electron chi connectivity index (χ4n) is 2.41. The topological polar surface area (TPSA) is 49.3 Å². The van der Waals surface area contributed by atoms with Crippen molar-refractivity contribution in [3.63, 3.8) is 0 Å². The summed E-state index contributed by atoms with van der Waals surface area (Å²) in [4.78, 5) is 11.4. The van der Waals surface area contributed by atoms with E-state index in [1.807, 2.05) is 48.5 Å². The lowest BCUT2D eigenvalue weighted by atomic mass is 10.1. The van der Waals surface area contributed by atoms with Crippen molar-refractivity contribution in [3.8, 4) is 0 Å². The van der Waals surface area contributed by atoms with Gasteiger partial charge in [0, 0.05) is 10.0 Å². The molecule has 0 aromatic heterocycles. The Labute approximate surface area is 146 Å². The lowest BCUT2D eigenvalue weighted by Crippen LogP contribution is -2.39. The molecular formula is C18H19Cl2NO2. The molecule has 3 nitrogen and oxygen atoms in total. The van der Waals surface area contributed by atoms with E-state index in [0.29, 0.717) is 29.4 Å². The molecular weight excluding hydrogens is 333 g/mol. The summed E-state index contributed by atoms with van der Waals surface area (Å²) in [7, 11) is 0.